The first-order chi connectivity index (χ1) is 11.2. The zero-order chi connectivity index (χ0) is 16.1. The van der Waals surface area contributed by atoms with Crippen molar-refractivity contribution in [3.63, 3.8) is 0 Å². The lowest BCUT2D eigenvalue weighted by Gasteiger charge is -2.08. The number of fused-ring (bicyclic) bond motifs is 1. The van der Waals surface area contributed by atoms with Gasteiger partial charge in [0.25, 0.3) is 5.91 Å². The average molecular weight is 440 g/mol. The van der Waals surface area contributed by atoms with E-state index in [0.717, 1.165) is 18.5 Å². The van der Waals surface area contributed by atoms with E-state index in [1.165, 1.54) is 23.8 Å². The first-order valence-electron chi connectivity index (χ1n) is 7.73. The lowest BCUT2D eigenvalue weighted by molar-refractivity contribution is 0.0927. The molecule has 0 fully saturated rings. The first kappa shape index (κ1) is 18.3. The van der Waals surface area contributed by atoms with Crippen LogP contribution in [0.1, 0.15) is 28.1 Å². The third-order valence-electron chi connectivity index (χ3n) is 3.80. The fourth-order valence-electron chi connectivity index (χ4n) is 2.68. The molecule has 2 aromatic rings. The third kappa shape index (κ3) is 4.73. The normalized spacial score (nSPS) is 13.1. The molecule has 1 amide bonds. The predicted octanol–water partition coefficient (Wildman–Crippen LogP) is 2.54. The highest BCUT2D eigenvalue weighted by molar-refractivity contribution is 14.0. The number of nitrogens with zero attached hydrogens (tertiary/aromatic N) is 1. The minimum atomic E-state index is -0.254. The van der Waals surface area contributed by atoms with E-state index >= 15 is 0 Å². The Morgan fingerprint density at radius 2 is 2.08 bits per heavy atom. The van der Waals surface area contributed by atoms with E-state index in [1.54, 1.807) is 12.1 Å². The monoisotopic (exact) mass is 440 g/mol. The van der Waals surface area contributed by atoms with Gasteiger partial charge in [-0.3, -0.25) is 9.79 Å². The molecule has 0 saturated carbocycles. The fraction of sp³-hybridized carbons (Fsp3) is 0.294. The summed E-state index contributed by atoms with van der Waals surface area (Å²) < 4.78 is 5.00. The highest BCUT2D eigenvalue weighted by atomic mass is 127. The van der Waals surface area contributed by atoms with Crippen molar-refractivity contribution < 1.29 is 9.21 Å². The van der Waals surface area contributed by atoms with Gasteiger partial charge in [0.15, 0.2) is 11.7 Å². The second kappa shape index (κ2) is 8.72. The Morgan fingerprint density at radius 3 is 2.88 bits per heavy atom. The molecular formula is C17H21IN4O2. The van der Waals surface area contributed by atoms with Gasteiger partial charge in [0.1, 0.15) is 0 Å². The molecule has 1 aromatic heterocycles. The summed E-state index contributed by atoms with van der Waals surface area (Å²) in [7, 11) is 0. The Morgan fingerprint density at radius 1 is 1.25 bits per heavy atom. The molecule has 0 bridgehead atoms. The topological polar surface area (TPSA) is 92.6 Å². The summed E-state index contributed by atoms with van der Waals surface area (Å²) in [6, 6.07) is 9.57. The number of nitrogens with one attached hydrogen (secondary N) is 2. The number of anilines is 1. The molecule has 7 heteroatoms. The summed E-state index contributed by atoms with van der Waals surface area (Å²) in [5.74, 6) is 0.378. The second-order valence-electron chi connectivity index (χ2n) is 5.46. The van der Waals surface area contributed by atoms with Crippen LogP contribution in [0.25, 0.3) is 0 Å². The van der Waals surface area contributed by atoms with Gasteiger partial charge in [-0.25, -0.2) is 0 Å². The van der Waals surface area contributed by atoms with Gasteiger partial charge in [-0.1, -0.05) is 6.07 Å². The van der Waals surface area contributed by atoms with Crippen LogP contribution in [-0.4, -0.2) is 25.0 Å². The van der Waals surface area contributed by atoms with Gasteiger partial charge < -0.3 is 20.8 Å². The standard InChI is InChI=1S/C17H20N4O2.HI/c18-17(20-9-8-19-16(22)15-5-2-10-23-15)21-14-7-6-12-3-1-4-13(12)11-14;/h2,5-7,10-11H,1,3-4,8-9H2,(H,19,22)(H3,18,20,21);1H. The molecule has 6 nitrogen and oxygen atoms in total. The summed E-state index contributed by atoms with van der Waals surface area (Å²) in [4.78, 5) is 15.9. The quantitative estimate of drug-likeness (QED) is 0.289. The lowest BCUT2D eigenvalue weighted by atomic mass is 10.1. The van der Waals surface area contributed by atoms with Crippen molar-refractivity contribution in [1.29, 1.82) is 0 Å². The minimum Gasteiger partial charge on any atom is -0.459 e. The Kier molecular flexibility index (Phi) is 6.65. The molecule has 1 aromatic carbocycles. The maximum Gasteiger partial charge on any atom is 0.287 e. The maximum atomic E-state index is 11.6. The summed E-state index contributed by atoms with van der Waals surface area (Å²) in [6.45, 7) is 0.794. The van der Waals surface area contributed by atoms with E-state index in [9.17, 15) is 4.79 Å². The van der Waals surface area contributed by atoms with Crippen LogP contribution in [0.3, 0.4) is 0 Å². The van der Waals surface area contributed by atoms with Gasteiger partial charge in [0, 0.05) is 12.2 Å². The number of halogens is 1. The van der Waals surface area contributed by atoms with E-state index < -0.39 is 0 Å². The molecule has 0 unspecified atom stereocenters. The molecule has 0 saturated heterocycles. The van der Waals surface area contributed by atoms with Crippen molar-refractivity contribution in [1.82, 2.24) is 5.32 Å². The van der Waals surface area contributed by atoms with Gasteiger partial charge >= 0.3 is 0 Å². The average Bonchev–Trinajstić information content (AvgIpc) is 3.21. The number of aliphatic imine (C=N–C) groups is 1. The molecule has 4 N–H and O–H groups in total. The van der Waals surface area contributed by atoms with Crippen molar-refractivity contribution >= 4 is 41.5 Å². The van der Waals surface area contributed by atoms with Crippen LogP contribution in [0.2, 0.25) is 0 Å². The first-order valence-corrected chi connectivity index (χ1v) is 7.73. The van der Waals surface area contributed by atoms with Gasteiger partial charge in [-0.2, -0.15) is 0 Å². The molecule has 0 aliphatic heterocycles. The van der Waals surface area contributed by atoms with Gasteiger partial charge in [0.05, 0.1) is 12.8 Å². The van der Waals surface area contributed by atoms with Crippen molar-refractivity contribution in [3.8, 4) is 0 Å². The van der Waals surface area contributed by atoms with Crippen molar-refractivity contribution in [2.75, 3.05) is 18.4 Å². The Bertz CT molecular complexity index is 713. The number of aryl methyl sites for hydroxylation is 2. The number of rotatable bonds is 5. The number of hydrogen-bond acceptors (Lipinski definition) is 3. The predicted molar refractivity (Wildman–Crippen MR) is 105 cm³/mol. The van der Waals surface area contributed by atoms with Crippen LogP contribution in [0, 0.1) is 0 Å². The highest BCUT2D eigenvalue weighted by Crippen LogP contribution is 2.24. The van der Waals surface area contributed by atoms with Crippen LogP contribution in [0.4, 0.5) is 5.69 Å². The van der Waals surface area contributed by atoms with Crippen LogP contribution in [-0.2, 0) is 12.8 Å². The molecule has 0 atom stereocenters. The van der Waals surface area contributed by atoms with E-state index in [1.807, 2.05) is 6.07 Å². The Hall–Kier alpha value is -2.03. The molecule has 0 radical (unpaired) electrons. The van der Waals surface area contributed by atoms with Crippen LogP contribution in [0.5, 0.6) is 0 Å². The molecule has 1 aliphatic carbocycles. The number of furan rings is 1. The zero-order valence-corrected chi connectivity index (χ0v) is 15.6. The van der Waals surface area contributed by atoms with E-state index in [-0.39, 0.29) is 29.9 Å². The summed E-state index contributed by atoms with van der Waals surface area (Å²) >= 11 is 0. The summed E-state index contributed by atoms with van der Waals surface area (Å²) in [5.41, 5.74) is 9.63. The van der Waals surface area contributed by atoms with Gasteiger partial charge in [-0.15, -0.1) is 24.0 Å². The Labute approximate surface area is 157 Å². The maximum absolute atomic E-state index is 11.6. The number of hydrogen-bond donors (Lipinski definition) is 3. The molecule has 3 rings (SSSR count). The van der Waals surface area contributed by atoms with Crippen LogP contribution >= 0.6 is 24.0 Å². The van der Waals surface area contributed by atoms with E-state index in [4.69, 9.17) is 10.2 Å². The molecule has 0 spiro atoms. The van der Waals surface area contributed by atoms with E-state index in [2.05, 4.69) is 27.8 Å². The van der Waals surface area contributed by atoms with Gasteiger partial charge in [0.2, 0.25) is 0 Å². The fourth-order valence-corrected chi connectivity index (χ4v) is 2.68. The minimum absolute atomic E-state index is 0. The number of amides is 1. The van der Waals surface area contributed by atoms with Crippen LogP contribution < -0.4 is 16.4 Å². The van der Waals surface area contributed by atoms with Crippen molar-refractivity contribution in [2.24, 2.45) is 10.7 Å². The number of carbonyl (C=O) groups is 1. The molecular weight excluding hydrogens is 419 g/mol. The molecule has 24 heavy (non-hydrogen) atoms. The number of carbonyl (C=O) groups excluding carboxylic acids is 1. The number of benzene rings is 1. The van der Waals surface area contributed by atoms with Gasteiger partial charge in [-0.05, 0) is 54.7 Å². The second-order valence-corrected chi connectivity index (χ2v) is 5.46. The zero-order valence-electron chi connectivity index (χ0n) is 13.2. The molecule has 1 aliphatic rings. The van der Waals surface area contributed by atoms with Crippen molar-refractivity contribution in [2.45, 2.75) is 19.3 Å². The van der Waals surface area contributed by atoms with Crippen LogP contribution in [0.15, 0.2) is 46.0 Å². The van der Waals surface area contributed by atoms with E-state index in [0.29, 0.717) is 24.8 Å². The summed E-state index contributed by atoms with van der Waals surface area (Å²) in [5, 5.41) is 5.80. The molecule has 128 valence electrons. The Balaban J connectivity index is 0.00000208. The SMILES string of the molecule is I.NC(=NCCNC(=O)c1ccco1)Nc1ccc2c(c1)CCC2. The lowest BCUT2D eigenvalue weighted by Crippen LogP contribution is -2.28. The summed E-state index contributed by atoms with van der Waals surface area (Å²) in [6.07, 6.45) is 4.97. The highest BCUT2D eigenvalue weighted by Gasteiger charge is 2.11. The smallest absolute Gasteiger partial charge is 0.287 e. The molecule has 1 heterocycles. The third-order valence-corrected chi connectivity index (χ3v) is 3.80. The largest absolute Gasteiger partial charge is 0.459 e. The number of guanidine groups is 1. The number of nitrogens with two attached hydrogens (primary N) is 1. The van der Waals surface area contributed by atoms with Crippen molar-refractivity contribution in [3.05, 3.63) is 53.5 Å².